The third kappa shape index (κ3) is 4.04. The molecule has 26 heavy (non-hydrogen) atoms. The molecule has 4 nitrogen and oxygen atoms in total. The van der Waals surface area contributed by atoms with Crippen LogP contribution in [0, 0.1) is 19.7 Å². The minimum Gasteiger partial charge on any atom is -0.350 e. The maximum absolute atomic E-state index is 13.9. The van der Waals surface area contributed by atoms with E-state index in [0.29, 0.717) is 11.0 Å². The smallest absolute Gasteiger partial charge is 0.253 e. The fraction of sp³-hybridized carbons (Fsp3) is 0.286. The predicted octanol–water partition coefficient (Wildman–Crippen LogP) is 4.14. The number of aryl methyl sites for hydroxylation is 3. The van der Waals surface area contributed by atoms with E-state index in [0.717, 1.165) is 24.2 Å². The van der Waals surface area contributed by atoms with E-state index in [-0.39, 0.29) is 17.5 Å². The van der Waals surface area contributed by atoms with Crippen LogP contribution in [0.1, 0.15) is 40.7 Å². The Balaban J connectivity index is 1.78. The van der Waals surface area contributed by atoms with E-state index in [1.165, 1.54) is 17.7 Å². The normalized spacial score (nSPS) is 12.2. The highest BCUT2D eigenvalue weighted by Gasteiger charge is 2.17. The van der Waals surface area contributed by atoms with Crippen molar-refractivity contribution in [1.82, 2.24) is 15.3 Å². The van der Waals surface area contributed by atoms with Crippen molar-refractivity contribution in [3.8, 4) is 0 Å². The topological polar surface area (TPSA) is 54.9 Å². The Morgan fingerprint density at radius 2 is 1.81 bits per heavy atom. The zero-order valence-electron chi connectivity index (χ0n) is 15.2. The SMILES string of the molecule is Cc1nc2cc(F)cc(C(=O)NC(C)CCc3ccccc3)c2nc1C. The van der Waals surface area contributed by atoms with E-state index in [4.69, 9.17) is 0 Å². The second-order valence-corrected chi connectivity index (χ2v) is 6.61. The van der Waals surface area contributed by atoms with Gasteiger partial charge < -0.3 is 5.32 Å². The lowest BCUT2D eigenvalue weighted by molar-refractivity contribution is 0.0939. The van der Waals surface area contributed by atoms with Crippen LogP contribution in [0.3, 0.4) is 0 Å². The van der Waals surface area contributed by atoms with Crippen molar-refractivity contribution in [2.75, 3.05) is 0 Å². The number of aromatic nitrogens is 2. The zero-order chi connectivity index (χ0) is 18.7. The van der Waals surface area contributed by atoms with E-state index in [1.54, 1.807) is 0 Å². The van der Waals surface area contributed by atoms with Crippen LogP contribution in [-0.4, -0.2) is 21.9 Å². The zero-order valence-corrected chi connectivity index (χ0v) is 15.2. The number of amides is 1. The van der Waals surface area contributed by atoms with Gasteiger partial charge in [0.1, 0.15) is 11.3 Å². The lowest BCUT2D eigenvalue weighted by atomic mass is 10.1. The van der Waals surface area contributed by atoms with E-state index < -0.39 is 5.82 Å². The predicted molar refractivity (Wildman–Crippen MR) is 101 cm³/mol. The van der Waals surface area contributed by atoms with Crippen molar-refractivity contribution < 1.29 is 9.18 Å². The number of fused-ring (bicyclic) bond motifs is 1. The van der Waals surface area contributed by atoms with Crippen LogP contribution >= 0.6 is 0 Å². The molecule has 2 aromatic carbocycles. The van der Waals surface area contributed by atoms with Crippen LogP contribution in [0.25, 0.3) is 11.0 Å². The van der Waals surface area contributed by atoms with Crippen molar-refractivity contribution in [2.45, 2.75) is 39.7 Å². The standard InChI is InChI=1S/C21H22FN3O/c1-13(9-10-16-7-5-4-6-8-16)23-21(26)18-11-17(22)12-19-20(18)25-15(3)14(2)24-19/h4-8,11-13H,9-10H2,1-3H3,(H,23,26). The average Bonchev–Trinajstić information content (AvgIpc) is 2.61. The van der Waals surface area contributed by atoms with Crippen LogP contribution in [0.5, 0.6) is 0 Å². The fourth-order valence-electron chi connectivity index (χ4n) is 2.87. The number of hydrogen-bond donors (Lipinski definition) is 1. The van der Waals surface area contributed by atoms with Crippen LogP contribution < -0.4 is 5.32 Å². The number of nitrogens with one attached hydrogen (secondary N) is 1. The van der Waals surface area contributed by atoms with Gasteiger partial charge in [0.25, 0.3) is 5.91 Å². The van der Waals surface area contributed by atoms with Gasteiger partial charge in [-0.15, -0.1) is 0 Å². The molecule has 0 spiro atoms. The highest BCUT2D eigenvalue weighted by Crippen LogP contribution is 2.19. The molecule has 3 rings (SSSR count). The molecule has 1 heterocycles. The van der Waals surface area contributed by atoms with Crippen molar-refractivity contribution in [3.05, 3.63) is 70.8 Å². The number of hydrogen-bond acceptors (Lipinski definition) is 3. The Hall–Kier alpha value is -2.82. The first-order chi connectivity index (χ1) is 12.4. The quantitative estimate of drug-likeness (QED) is 0.752. The lowest BCUT2D eigenvalue weighted by Crippen LogP contribution is -2.33. The van der Waals surface area contributed by atoms with E-state index in [9.17, 15) is 9.18 Å². The molecule has 0 aliphatic heterocycles. The molecule has 1 atom stereocenters. The van der Waals surface area contributed by atoms with Crippen LogP contribution in [0.15, 0.2) is 42.5 Å². The first kappa shape index (κ1) is 18.0. The molecule has 0 aliphatic carbocycles. The van der Waals surface area contributed by atoms with Gasteiger partial charge in [-0.3, -0.25) is 4.79 Å². The van der Waals surface area contributed by atoms with E-state index in [1.807, 2.05) is 39.0 Å². The molecule has 134 valence electrons. The van der Waals surface area contributed by atoms with Gasteiger partial charge in [0.15, 0.2) is 0 Å². The monoisotopic (exact) mass is 351 g/mol. The molecule has 0 saturated carbocycles. The minimum absolute atomic E-state index is 0.0412. The molecule has 5 heteroatoms. The van der Waals surface area contributed by atoms with Crippen LogP contribution in [0.2, 0.25) is 0 Å². The van der Waals surface area contributed by atoms with E-state index >= 15 is 0 Å². The Morgan fingerprint density at radius 3 is 2.54 bits per heavy atom. The number of halogens is 1. The highest BCUT2D eigenvalue weighted by atomic mass is 19.1. The second kappa shape index (κ2) is 7.60. The molecule has 1 unspecified atom stereocenters. The molecule has 0 radical (unpaired) electrons. The molecule has 0 bridgehead atoms. The molecule has 3 aromatic rings. The Kier molecular flexibility index (Phi) is 5.26. The number of benzene rings is 2. The number of carbonyl (C=O) groups excluding carboxylic acids is 1. The van der Waals surface area contributed by atoms with Gasteiger partial charge in [0.2, 0.25) is 0 Å². The summed E-state index contributed by atoms with van der Waals surface area (Å²) in [7, 11) is 0. The number of rotatable bonds is 5. The third-order valence-corrected chi connectivity index (χ3v) is 4.48. The maximum atomic E-state index is 13.9. The fourth-order valence-corrected chi connectivity index (χ4v) is 2.87. The summed E-state index contributed by atoms with van der Waals surface area (Å²) in [6, 6.07) is 12.6. The number of carbonyl (C=O) groups is 1. The maximum Gasteiger partial charge on any atom is 0.253 e. The first-order valence-corrected chi connectivity index (χ1v) is 8.73. The molecule has 0 saturated heterocycles. The summed E-state index contributed by atoms with van der Waals surface area (Å²) in [4.78, 5) is 21.5. The van der Waals surface area contributed by atoms with Crippen molar-refractivity contribution >= 4 is 16.9 Å². The molecule has 1 aromatic heterocycles. The molecular weight excluding hydrogens is 329 g/mol. The molecule has 0 aliphatic rings. The van der Waals surface area contributed by atoms with Crippen molar-refractivity contribution in [2.24, 2.45) is 0 Å². The first-order valence-electron chi connectivity index (χ1n) is 8.73. The highest BCUT2D eigenvalue weighted by molar-refractivity contribution is 6.04. The summed E-state index contributed by atoms with van der Waals surface area (Å²) in [5, 5.41) is 2.95. The van der Waals surface area contributed by atoms with Crippen LogP contribution in [0.4, 0.5) is 4.39 Å². The Morgan fingerprint density at radius 1 is 1.12 bits per heavy atom. The van der Waals surface area contributed by atoms with Gasteiger partial charge in [0.05, 0.1) is 22.5 Å². The Bertz CT molecular complexity index is 941. The van der Waals surface area contributed by atoms with Crippen LogP contribution in [-0.2, 0) is 6.42 Å². The van der Waals surface area contributed by atoms with Crippen molar-refractivity contribution in [3.63, 3.8) is 0 Å². The number of nitrogens with zero attached hydrogens (tertiary/aromatic N) is 2. The molecule has 1 N–H and O–H groups in total. The van der Waals surface area contributed by atoms with Gasteiger partial charge in [-0.1, -0.05) is 30.3 Å². The largest absolute Gasteiger partial charge is 0.350 e. The minimum atomic E-state index is -0.489. The summed E-state index contributed by atoms with van der Waals surface area (Å²) in [5.74, 6) is -0.815. The second-order valence-electron chi connectivity index (χ2n) is 6.61. The summed E-state index contributed by atoms with van der Waals surface area (Å²) in [6.07, 6.45) is 1.66. The summed E-state index contributed by atoms with van der Waals surface area (Å²) < 4.78 is 13.9. The summed E-state index contributed by atoms with van der Waals surface area (Å²) in [5.41, 5.74) is 3.74. The van der Waals surface area contributed by atoms with Gasteiger partial charge in [-0.05, 0) is 45.2 Å². The van der Waals surface area contributed by atoms with Gasteiger partial charge in [0, 0.05) is 12.1 Å². The van der Waals surface area contributed by atoms with E-state index in [2.05, 4.69) is 27.4 Å². The summed E-state index contributed by atoms with van der Waals surface area (Å²) in [6.45, 7) is 5.59. The van der Waals surface area contributed by atoms with Crippen molar-refractivity contribution in [1.29, 1.82) is 0 Å². The molecule has 1 amide bonds. The average molecular weight is 351 g/mol. The van der Waals surface area contributed by atoms with Gasteiger partial charge >= 0.3 is 0 Å². The van der Waals surface area contributed by atoms with Gasteiger partial charge in [-0.2, -0.15) is 0 Å². The summed E-state index contributed by atoms with van der Waals surface area (Å²) >= 11 is 0. The Labute approximate surface area is 152 Å². The third-order valence-electron chi connectivity index (χ3n) is 4.48. The lowest BCUT2D eigenvalue weighted by Gasteiger charge is -2.15. The molecular formula is C21H22FN3O. The molecule has 0 fully saturated rings. The van der Waals surface area contributed by atoms with Gasteiger partial charge in [-0.25, -0.2) is 14.4 Å².